The Labute approximate surface area is 119 Å². The average Bonchev–Trinajstić information content (AvgIpc) is 2.47. The second kappa shape index (κ2) is 6.00. The molecule has 2 aromatic rings. The number of carboxylic acid groups (broad SMARTS) is 1. The van der Waals surface area contributed by atoms with Crippen molar-refractivity contribution in [1.82, 2.24) is 9.55 Å². The molecular formula is C14H13N3O4. The first-order valence-electron chi connectivity index (χ1n) is 6.13. The number of aryl methyl sites for hydroxylation is 1. The third-order valence-electron chi connectivity index (χ3n) is 2.82. The van der Waals surface area contributed by atoms with Crippen molar-refractivity contribution in [3.05, 3.63) is 58.3 Å². The van der Waals surface area contributed by atoms with Crippen LogP contribution in [0.1, 0.15) is 16.2 Å². The van der Waals surface area contributed by atoms with Gasteiger partial charge in [0.05, 0.1) is 6.20 Å². The average molecular weight is 287 g/mol. The molecule has 2 rings (SSSR count). The number of rotatable bonds is 4. The normalized spacial score (nSPS) is 10.1. The maximum atomic E-state index is 12.1. The Morgan fingerprint density at radius 3 is 2.57 bits per heavy atom. The third kappa shape index (κ3) is 3.33. The molecule has 0 atom stereocenters. The van der Waals surface area contributed by atoms with Gasteiger partial charge in [-0.15, -0.1) is 0 Å². The highest BCUT2D eigenvalue weighted by Gasteiger charge is 2.13. The molecular weight excluding hydrogens is 274 g/mol. The Bertz CT molecular complexity index is 738. The number of carboxylic acids is 1. The molecule has 0 aliphatic heterocycles. The lowest BCUT2D eigenvalue weighted by Gasteiger charge is -2.09. The molecule has 2 N–H and O–H groups in total. The zero-order chi connectivity index (χ0) is 15.4. The van der Waals surface area contributed by atoms with Crippen LogP contribution >= 0.6 is 0 Å². The summed E-state index contributed by atoms with van der Waals surface area (Å²) in [6, 6.07) is 8.37. The lowest BCUT2D eigenvalue weighted by molar-refractivity contribution is -0.137. The minimum absolute atomic E-state index is 0.0595. The molecule has 0 radical (unpaired) electrons. The molecule has 7 nitrogen and oxygen atoms in total. The molecule has 0 unspecified atom stereocenters. The number of nitrogens with zero attached hydrogens (tertiary/aromatic N) is 2. The minimum Gasteiger partial charge on any atom is -0.480 e. The highest BCUT2D eigenvalue weighted by Crippen LogP contribution is 2.04. The van der Waals surface area contributed by atoms with Gasteiger partial charge in [0.25, 0.3) is 11.5 Å². The summed E-state index contributed by atoms with van der Waals surface area (Å²) in [6.07, 6.45) is 1.22. The maximum absolute atomic E-state index is 12.1. The molecule has 1 aromatic carbocycles. The summed E-state index contributed by atoms with van der Waals surface area (Å²) in [4.78, 5) is 38.8. The zero-order valence-electron chi connectivity index (χ0n) is 11.2. The third-order valence-corrected chi connectivity index (χ3v) is 2.82. The van der Waals surface area contributed by atoms with E-state index in [1.165, 1.54) is 13.1 Å². The quantitative estimate of drug-likeness (QED) is 0.869. The smallest absolute Gasteiger partial charge is 0.323 e. The van der Waals surface area contributed by atoms with Crippen LogP contribution in [0.2, 0.25) is 0 Å². The van der Waals surface area contributed by atoms with E-state index < -0.39 is 24.0 Å². The fourth-order valence-electron chi connectivity index (χ4n) is 1.77. The van der Waals surface area contributed by atoms with E-state index in [2.05, 4.69) is 10.3 Å². The van der Waals surface area contributed by atoms with Crippen molar-refractivity contribution in [2.75, 3.05) is 5.32 Å². The number of nitrogens with one attached hydrogen (secondary N) is 1. The van der Waals surface area contributed by atoms with Gasteiger partial charge in [-0.3, -0.25) is 19.0 Å². The summed E-state index contributed by atoms with van der Waals surface area (Å²) in [7, 11) is 0. The summed E-state index contributed by atoms with van der Waals surface area (Å²) in [5.74, 6) is -1.35. The minimum atomic E-state index is -1.16. The van der Waals surface area contributed by atoms with Crippen LogP contribution in [-0.4, -0.2) is 26.5 Å². The van der Waals surface area contributed by atoms with Crippen LogP contribution in [-0.2, 0) is 11.3 Å². The lowest BCUT2D eigenvalue weighted by Crippen LogP contribution is -2.30. The predicted molar refractivity (Wildman–Crippen MR) is 75.3 cm³/mol. The first-order chi connectivity index (χ1) is 9.99. The number of benzene rings is 1. The fraction of sp³-hybridized carbons (Fsp3) is 0.143. The predicted octanol–water partition coefficient (Wildman–Crippen LogP) is 0.889. The van der Waals surface area contributed by atoms with Crippen LogP contribution in [0.4, 0.5) is 5.69 Å². The molecule has 0 fully saturated rings. The molecule has 0 saturated carbocycles. The number of anilines is 1. The maximum Gasteiger partial charge on any atom is 0.323 e. The van der Waals surface area contributed by atoms with Crippen LogP contribution in [0.25, 0.3) is 0 Å². The molecule has 0 saturated heterocycles. The van der Waals surface area contributed by atoms with Gasteiger partial charge < -0.3 is 10.4 Å². The Balaban J connectivity index is 2.31. The van der Waals surface area contributed by atoms with E-state index in [1.807, 2.05) is 0 Å². The number of aromatic nitrogens is 2. The molecule has 1 aromatic heterocycles. The Kier molecular flexibility index (Phi) is 4.13. The summed E-state index contributed by atoms with van der Waals surface area (Å²) in [6.45, 7) is 1.01. The number of aliphatic carboxylic acids is 1. The first kappa shape index (κ1) is 14.4. The molecule has 21 heavy (non-hydrogen) atoms. The molecule has 0 spiro atoms. The molecule has 0 aliphatic carbocycles. The number of hydrogen-bond donors (Lipinski definition) is 2. The van der Waals surface area contributed by atoms with E-state index in [0.717, 1.165) is 4.57 Å². The number of carbonyl (C=O) groups is 2. The Morgan fingerprint density at radius 1 is 1.29 bits per heavy atom. The fourth-order valence-corrected chi connectivity index (χ4v) is 1.77. The Hall–Kier alpha value is -2.96. The van der Waals surface area contributed by atoms with E-state index in [9.17, 15) is 14.4 Å². The van der Waals surface area contributed by atoms with Gasteiger partial charge in [0, 0.05) is 5.56 Å². The van der Waals surface area contributed by atoms with E-state index in [0.29, 0.717) is 5.56 Å². The van der Waals surface area contributed by atoms with Crippen LogP contribution in [0.5, 0.6) is 0 Å². The molecule has 1 amide bonds. The van der Waals surface area contributed by atoms with Crippen molar-refractivity contribution in [1.29, 1.82) is 0 Å². The van der Waals surface area contributed by atoms with E-state index in [-0.39, 0.29) is 11.5 Å². The highest BCUT2D eigenvalue weighted by molar-refractivity contribution is 6.04. The summed E-state index contributed by atoms with van der Waals surface area (Å²) in [5.41, 5.74) is -0.271. The van der Waals surface area contributed by atoms with Gasteiger partial charge >= 0.3 is 5.97 Å². The molecule has 0 bridgehead atoms. The summed E-state index contributed by atoms with van der Waals surface area (Å²) in [5, 5.41) is 11.2. The van der Waals surface area contributed by atoms with Gasteiger partial charge in [0.1, 0.15) is 18.1 Å². The topological polar surface area (TPSA) is 101 Å². The van der Waals surface area contributed by atoms with Crippen molar-refractivity contribution in [3.8, 4) is 0 Å². The van der Waals surface area contributed by atoms with Gasteiger partial charge in [-0.25, -0.2) is 4.98 Å². The zero-order valence-corrected chi connectivity index (χ0v) is 11.2. The number of hydrogen-bond acceptors (Lipinski definition) is 4. The van der Waals surface area contributed by atoms with Crippen molar-refractivity contribution in [2.45, 2.75) is 13.5 Å². The van der Waals surface area contributed by atoms with Crippen LogP contribution in [0.15, 0.2) is 41.3 Å². The van der Waals surface area contributed by atoms with Gasteiger partial charge in [0.15, 0.2) is 0 Å². The van der Waals surface area contributed by atoms with Gasteiger partial charge in [-0.2, -0.15) is 0 Å². The lowest BCUT2D eigenvalue weighted by atomic mass is 10.2. The van der Waals surface area contributed by atoms with E-state index in [4.69, 9.17) is 5.11 Å². The molecule has 0 aliphatic rings. The second-order valence-electron chi connectivity index (χ2n) is 4.32. The van der Waals surface area contributed by atoms with Crippen molar-refractivity contribution >= 4 is 17.6 Å². The van der Waals surface area contributed by atoms with Crippen molar-refractivity contribution < 1.29 is 14.7 Å². The van der Waals surface area contributed by atoms with Crippen molar-refractivity contribution in [2.24, 2.45) is 0 Å². The van der Waals surface area contributed by atoms with Gasteiger partial charge in [-0.1, -0.05) is 18.2 Å². The molecule has 108 valence electrons. The van der Waals surface area contributed by atoms with E-state index >= 15 is 0 Å². The first-order valence-corrected chi connectivity index (χ1v) is 6.13. The van der Waals surface area contributed by atoms with Crippen molar-refractivity contribution in [3.63, 3.8) is 0 Å². The second-order valence-corrected chi connectivity index (χ2v) is 4.32. The molecule has 1 heterocycles. The van der Waals surface area contributed by atoms with E-state index in [1.54, 1.807) is 30.3 Å². The monoisotopic (exact) mass is 287 g/mol. The SMILES string of the molecule is Cc1ncc(NC(=O)c2ccccc2)c(=O)n1CC(=O)O. The summed E-state index contributed by atoms with van der Waals surface area (Å²) < 4.78 is 0.989. The van der Waals surface area contributed by atoms with Gasteiger partial charge in [0.2, 0.25) is 0 Å². The standard InChI is InChI=1S/C14H13N3O4/c1-9-15-7-11(14(21)17(9)8-12(18)19)16-13(20)10-5-3-2-4-6-10/h2-7H,8H2,1H3,(H,16,20)(H,18,19). The Morgan fingerprint density at radius 2 is 1.95 bits per heavy atom. The van der Waals surface area contributed by atoms with Crippen LogP contribution < -0.4 is 10.9 Å². The van der Waals surface area contributed by atoms with Gasteiger partial charge in [-0.05, 0) is 19.1 Å². The summed E-state index contributed by atoms with van der Waals surface area (Å²) >= 11 is 0. The van der Waals surface area contributed by atoms with Crippen LogP contribution in [0, 0.1) is 6.92 Å². The molecule has 7 heteroatoms. The van der Waals surface area contributed by atoms with Crippen LogP contribution in [0.3, 0.4) is 0 Å². The number of carbonyl (C=O) groups excluding carboxylic acids is 1. The highest BCUT2D eigenvalue weighted by atomic mass is 16.4. The largest absolute Gasteiger partial charge is 0.480 e. The number of amides is 1.